The summed E-state index contributed by atoms with van der Waals surface area (Å²) < 4.78 is 4.98. The Hall–Kier alpha value is -2.35. The van der Waals surface area contributed by atoms with Gasteiger partial charge in [-0.05, 0) is 44.0 Å². The summed E-state index contributed by atoms with van der Waals surface area (Å²) in [4.78, 5) is 42.9. The topological polar surface area (TPSA) is 88.1 Å². The third kappa shape index (κ3) is 5.59. The number of nitrogens with zero attached hydrogens (tertiary/aromatic N) is 2. The highest BCUT2D eigenvalue weighted by Gasteiger charge is 2.42. The number of thioether (sulfide) groups is 1. The van der Waals surface area contributed by atoms with Gasteiger partial charge in [-0.1, -0.05) is 31.0 Å². The van der Waals surface area contributed by atoms with Crippen LogP contribution in [0.25, 0.3) is 0 Å². The third-order valence-corrected chi connectivity index (χ3v) is 6.16. The Morgan fingerprint density at radius 1 is 1.21 bits per heavy atom. The molecule has 0 spiro atoms. The van der Waals surface area contributed by atoms with E-state index in [0.29, 0.717) is 18.0 Å². The second-order valence-electron chi connectivity index (χ2n) is 7.23. The van der Waals surface area contributed by atoms with Crippen molar-refractivity contribution >= 4 is 40.4 Å². The van der Waals surface area contributed by atoms with Crippen LogP contribution in [0.3, 0.4) is 0 Å². The summed E-state index contributed by atoms with van der Waals surface area (Å²) in [5, 5.41) is 3.12. The second kappa shape index (κ2) is 9.91. The van der Waals surface area contributed by atoms with Crippen LogP contribution >= 0.6 is 11.8 Å². The number of carbonyl (C=O) groups excluding carboxylic acids is 3. The number of aliphatic imine (C=N–C) groups is 1. The molecular formula is C21H27N3O4S. The van der Waals surface area contributed by atoms with Crippen LogP contribution in [0.5, 0.6) is 5.75 Å². The predicted octanol–water partition coefficient (Wildman–Crippen LogP) is 3.59. The molecule has 1 aliphatic carbocycles. The van der Waals surface area contributed by atoms with Gasteiger partial charge in [-0.15, -0.1) is 0 Å². The van der Waals surface area contributed by atoms with Crippen LogP contribution in [0.1, 0.15) is 52.4 Å². The molecule has 2 fully saturated rings. The lowest BCUT2D eigenvalue weighted by Crippen LogP contribution is -2.42. The van der Waals surface area contributed by atoms with Crippen molar-refractivity contribution in [1.82, 2.24) is 4.90 Å². The van der Waals surface area contributed by atoms with Crippen molar-refractivity contribution in [3.05, 3.63) is 24.3 Å². The number of ether oxygens (including phenoxy) is 1. The summed E-state index contributed by atoms with van der Waals surface area (Å²) >= 11 is 1.40. The van der Waals surface area contributed by atoms with E-state index < -0.39 is 11.2 Å². The Bertz CT molecular complexity index is 788. The average Bonchev–Trinajstić information content (AvgIpc) is 2.99. The fraction of sp³-hybridized carbons (Fsp3) is 0.524. The van der Waals surface area contributed by atoms with Crippen LogP contribution < -0.4 is 10.1 Å². The van der Waals surface area contributed by atoms with E-state index in [9.17, 15) is 14.4 Å². The number of nitrogens with one attached hydrogen (secondary N) is 1. The molecule has 0 unspecified atom stereocenters. The van der Waals surface area contributed by atoms with E-state index in [1.807, 2.05) is 11.8 Å². The van der Waals surface area contributed by atoms with Gasteiger partial charge in [-0.3, -0.25) is 24.3 Å². The molecule has 1 atom stereocenters. The Morgan fingerprint density at radius 3 is 2.52 bits per heavy atom. The van der Waals surface area contributed by atoms with Crippen LogP contribution in [0.2, 0.25) is 0 Å². The normalized spacial score (nSPS) is 21.4. The highest BCUT2D eigenvalue weighted by atomic mass is 32.2. The molecule has 0 radical (unpaired) electrons. The number of rotatable bonds is 6. The van der Waals surface area contributed by atoms with E-state index >= 15 is 0 Å². The molecule has 2 amide bonds. The van der Waals surface area contributed by atoms with Crippen molar-refractivity contribution in [2.24, 2.45) is 4.99 Å². The summed E-state index contributed by atoms with van der Waals surface area (Å²) in [6, 6.07) is 6.76. The van der Waals surface area contributed by atoms with E-state index in [2.05, 4.69) is 10.3 Å². The second-order valence-corrected chi connectivity index (χ2v) is 8.40. The first-order valence-corrected chi connectivity index (χ1v) is 11.0. The fourth-order valence-electron chi connectivity index (χ4n) is 3.69. The third-order valence-electron chi connectivity index (χ3n) is 4.97. The molecule has 8 heteroatoms. The molecule has 1 aromatic carbocycles. The predicted molar refractivity (Wildman–Crippen MR) is 114 cm³/mol. The maximum absolute atomic E-state index is 13.0. The number of anilines is 1. The van der Waals surface area contributed by atoms with E-state index in [4.69, 9.17) is 4.74 Å². The number of hydrogen-bond donors (Lipinski definition) is 1. The molecule has 156 valence electrons. The number of amidine groups is 1. The van der Waals surface area contributed by atoms with E-state index in [-0.39, 0.29) is 24.3 Å². The van der Waals surface area contributed by atoms with Crippen LogP contribution in [-0.4, -0.2) is 45.7 Å². The van der Waals surface area contributed by atoms with Crippen molar-refractivity contribution in [3.8, 4) is 5.75 Å². The molecule has 1 saturated carbocycles. The molecular weight excluding hydrogens is 390 g/mol. The molecule has 1 aliphatic heterocycles. The van der Waals surface area contributed by atoms with Gasteiger partial charge in [0.25, 0.3) is 0 Å². The molecule has 1 aromatic rings. The Balaban J connectivity index is 1.61. The molecule has 3 rings (SSSR count). The number of amides is 2. The SMILES string of the molecule is CCN=C1S[C@@H](CC(=O)Nc2ccc(OC(C)=O)cc2)C(=O)N1C1CCCCC1. The van der Waals surface area contributed by atoms with E-state index in [1.165, 1.54) is 25.1 Å². The van der Waals surface area contributed by atoms with Gasteiger partial charge >= 0.3 is 5.97 Å². The maximum Gasteiger partial charge on any atom is 0.308 e. The number of hydrogen-bond acceptors (Lipinski definition) is 6. The van der Waals surface area contributed by atoms with Crippen LogP contribution in [0.4, 0.5) is 5.69 Å². The van der Waals surface area contributed by atoms with Gasteiger partial charge in [0.15, 0.2) is 5.17 Å². The molecule has 29 heavy (non-hydrogen) atoms. The van der Waals surface area contributed by atoms with Gasteiger partial charge in [0.05, 0.1) is 0 Å². The first-order valence-electron chi connectivity index (χ1n) is 10.1. The van der Waals surface area contributed by atoms with Crippen LogP contribution in [0, 0.1) is 0 Å². The van der Waals surface area contributed by atoms with E-state index in [0.717, 1.165) is 30.9 Å². The highest BCUT2D eigenvalue weighted by Crippen LogP contribution is 2.35. The van der Waals surface area contributed by atoms with Gasteiger partial charge in [-0.2, -0.15) is 0 Å². The van der Waals surface area contributed by atoms with Crippen molar-refractivity contribution in [3.63, 3.8) is 0 Å². The summed E-state index contributed by atoms with van der Waals surface area (Å²) in [5.41, 5.74) is 0.591. The molecule has 1 saturated heterocycles. The summed E-state index contributed by atoms with van der Waals surface area (Å²) in [6.45, 7) is 3.90. The monoisotopic (exact) mass is 417 g/mol. The lowest BCUT2D eigenvalue weighted by atomic mass is 9.94. The molecule has 7 nitrogen and oxygen atoms in total. The summed E-state index contributed by atoms with van der Waals surface area (Å²) in [5.74, 6) is -0.210. The van der Waals surface area contributed by atoms with Crippen molar-refractivity contribution in [1.29, 1.82) is 0 Å². The van der Waals surface area contributed by atoms with Gasteiger partial charge in [0.1, 0.15) is 11.0 Å². The zero-order valence-corrected chi connectivity index (χ0v) is 17.7. The highest BCUT2D eigenvalue weighted by molar-refractivity contribution is 8.15. The van der Waals surface area contributed by atoms with Gasteiger partial charge in [-0.25, -0.2) is 0 Å². The number of esters is 1. The van der Waals surface area contributed by atoms with Crippen molar-refractivity contribution in [2.75, 3.05) is 11.9 Å². The first kappa shape index (κ1) is 21.4. The Morgan fingerprint density at radius 2 is 1.90 bits per heavy atom. The maximum atomic E-state index is 13.0. The van der Waals surface area contributed by atoms with E-state index in [1.54, 1.807) is 24.3 Å². The Kier molecular flexibility index (Phi) is 7.30. The van der Waals surface area contributed by atoms with Crippen LogP contribution in [-0.2, 0) is 14.4 Å². The molecule has 0 bridgehead atoms. The fourth-order valence-corrected chi connectivity index (χ4v) is 4.95. The number of benzene rings is 1. The molecule has 0 aromatic heterocycles. The molecule has 1 N–H and O–H groups in total. The minimum absolute atomic E-state index is 0.00513. The standard InChI is InChI=1S/C21H27N3O4S/c1-3-22-21-24(16-7-5-4-6-8-16)20(27)18(29-21)13-19(26)23-15-9-11-17(12-10-15)28-14(2)25/h9-12,16,18H,3-8,13H2,1-2H3,(H,23,26)/t18-/m0/s1. The zero-order chi connectivity index (χ0) is 20.8. The minimum atomic E-state index is -0.442. The average molecular weight is 418 g/mol. The summed E-state index contributed by atoms with van der Waals surface area (Å²) in [6.07, 6.45) is 5.58. The zero-order valence-electron chi connectivity index (χ0n) is 16.8. The lowest BCUT2D eigenvalue weighted by molar-refractivity contribution is -0.132. The Labute approximate surface area is 175 Å². The van der Waals surface area contributed by atoms with Crippen LogP contribution in [0.15, 0.2) is 29.3 Å². The minimum Gasteiger partial charge on any atom is -0.427 e. The molecule has 1 heterocycles. The molecule has 2 aliphatic rings. The largest absolute Gasteiger partial charge is 0.427 e. The van der Waals surface area contributed by atoms with Crippen molar-refractivity contribution < 1.29 is 19.1 Å². The first-order chi connectivity index (χ1) is 14.0. The quantitative estimate of drug-likeness (QED) is 0.564. The van der Waals surface area contributed by atoms with Gasteiger partial charge < -0.3 is 10.1 Å². The number of carbonyl (C=O) groups is 3. The summed E-state index contributed by atoms with van der Waals surface area (Å²) in [7, 11) is 0. The van der Waals surface area contributed by atoms with Crippen molar-refractivity contribution in [2.45, 2.75) is 63.7 Å². The van der Waals surface area contributed by atoms with Gasteiger partial charge in [0, 0.05) is 31.6 Å². The lowest BCUT2D eigenvalue weighted by Gasteiger charge is -2.30. The van der Waals surface area contributed by atoms with Gasteiger partial charge in [0.2, 0.25) is 11.8 Å². The smallest absolute Gasteiger partial charge is 0.308 e.